The minimum absolute atomic E-state index is 0.00867. The molecule has 9 heteroatoms. The van der Waals surface area contributed by atoms with Gasteiger partial charge in [-0.1, -0.05) is 17.7 Å². The average Bonchev–Trinajstić information content (AvgIpc) is 3.23. The zero-order chi connectivity index (χ0) is 25.6. The van der Waals surface area contributed by atoms with E-state index in [0.29, 0.717) is 24.1 Å². The molecule has 1 amide bonds. The summed E-state index contributed by atoms with van der Waals surface area (Å²) in [5, 5.41) is 16.0. The van der Waals surface area contributed by atoms with E-state index in [4.69, 9.17) is 16.3 Å². The van der Waals surface area contributed by atoms with Crippen LogP contribution < -0.4 is 10.2 Å². The Bertz CT molecular complexity index is 1300. The van der Waals surface area contributed by atoms with Gasteiger partial charge in [0, 0.05) is 61.5 Å². The number of carbonyl (C=O) groups is 1. The quantitative estimate of drug-likeness (QED) is 0.529. The van der Waals surface area contributed by atoms with Gasteiger partial charge in [-0.2, -0.15) is 0 Å². The lowest BCUT2D eigenvalue weighted by Crippen LogP contribution is -2.60. The molecule has 4 atom stereocenters. The number of aromatic nitrogens is 2. The SMILES string of the molecule is C[C@@]1(N2CCN(c3cc4cc(NC(=O)[C@H]5CC[C@H]5c5ccccn5)ncc4cc3Cl)CC2)COC[C@@H]1O. The van der Waals surface area contributed by atoms with Gasteiger partial charge in [0.15, 0.2) is 0 Å². The molecule has 0 bridgehead atoms. The molecule has 2 aromatic heterocycles. The van der Waals surface area contributed by atoms with Crippen LogP contribution in [0, 0.1) is 5.92 Å². The molecular weight excluding hydrogens is 490 g/mol. The smallest absolute Gasteiger partial charge is 0.229 e. The van der Waals surface area contributed by atoms with Crippen LogP contribution in [0.4, 0.5) is 11.5 Å². The van der Waals surface area contributed by atoms with Crippen LogP contribution in [-0.4, -0.2) is 76.9 Å². The summed E-state index contributed by atoms with van der Waals surface area (Å²) in [7, 11) is 0. The molecular formula is C28H32ClN5O3. The van der Waals surface area contributed by atoms with Gasteiger partial charge in [0.1, 0.15) is 5.82 Å². The van der Waals surface area contributed by atoms with Crippen LogP contribution in [0.25, 0.3) is 10.8 Å². The molecule has 2 aliphatic heterocycles. The van der Waals surface area contributed by atoms with Crippen molar-refractivity contribution in [2.45, 2.75) is 37.3 Å². The van der Waals surface area contributed by atoms with E-state index < -0.39 is 6.10 Å². The number of aliphatic hydroxyl groups is 1. The summed E-state index contributed by atoms with van der Waals surface area (Å²) in [5.74, 6) is 0.607. The highest BCUT2D eigenvalue weighted by Gasteiger charge is 2.44. The number of ether oxygens (including phenoxy) is 1. The van der Waals surface area contributed by atoms with E-state index in [1.165, 1.54) is 0 Å². The van der Waals surface area contributed by atoms with Crippen molar-refractivity contribution in [3.63, 3.8) is 0 Å². The van der Waals surface area contributed by atoms with Crippen molar-refractivity contribution >= 4 is 39.8 Å². The second kappa shape index (κ2) is 9.83. The second-order valence-corrected chi connectivity index (χ2v) is 11.0. The maximum atomic E-state index is 13.0. The number of nitrogens with zero attached hydrogens (tertiary/aromatic N) is 4. The van der Waals surface area contributed by atoms with Crippen molar-refractivity contribution in [2.75, 3.05) is 49.6 Å². The van der Waals surface area contributed by atoms with Gasteiger partial charge in [-0.05, 0) is 55.5 Å². The minimum Gasteiger partial charge on any atom is -0.389 e. The lowest BCUT2D eigenvalue weighted by molar-refractivity contribution is -0.123. The first-order valence-corrected chi connectivity index (χ1v) is 13.4. The fourth-order valence-electron chi connectivity index (χ4n) is 5.86. The van der Waals surface area contributed by atoms with Crippen LogP contribution in [0.1, 0.15) is 31.4 Å². The largest absolute Gasteiger partial charge is 0.389 e. The third-order valence-corrected chi connectivity index (χ3v) is 8.75. The summed E-state index contributed by atoms with van der Waals surface area (Å²) >= 11 is 6.70. The third-order valence-electron chi connectivity index (χ3n) is 8.45. The first kappa shape index (κ1) is 24.6. The number of amides is 1. The Morgan fingerprint density at radius 2 is 1.97 bits per heavy atom. The highest BCUT2D eigenvalue weighted by atomic mass is 35.5. The molecule has 3 aliphatic rings. The van der Waals surface area contributed by atoms with Crippen molar-refractivity contribution in [3.05, 3.63) is 59.5 Å². The Labute approximate surface area is 221 Å². The normalized spacial score (nSPS) is 28.3. The van der Waals surface area contributed by atoms with Crippen LogP contribution in [0.5, 0.6) is 0 Å². The lowest BCUT2D eigenvalue weighted by atomic mass is 9.71. The standard InChI is InChI=1S/C28H32ClN5O3/c1-28(17-37-16-25(28)35)34-10-8-33(9-11-34)24-13-18-14-26(31-15-19(18)12-22(24)29)32-27(36)21-6-5-20(21)23-4-2-3-7-30-23/h2-4,7,12-15,20-21,25,35H,5-6,8-11,16-17H2,1H3,(H,31,32,36)/t20-,21+,25+,28-/m1/s1. The number of fused-ring (bicyclic) bond motifs is 1. The van der Waals surface area contributed by atoms with E-state index in [1.54, 1.807) is 12.4 Å². The van der Waals surface area contributed by atoms with Crippen molar-refractivity contribution in [3.8, 4) is 0 Å². The molecule has 4 heterocycles. The molecule has 1 aromatic carbocycles. The summed E-state index contributed by atoms with van der Waals surface area (Å²) in [6, 6.07) is 11.8. The Hall–Kier alpha value is -2.78. The van der Waals surface area contributed by atoms with E-state index in [9.17, 15) is 9.90 Å². The average molecular weight is 522 g/mol. The summed E-state index contributed by atoms with van der Waals surface area (Å²) in [6.45, 7) is 6.27. The number of carbonyl (C=O) groups excluding carboxylic acids is 1. The number of piperazine rings is 1. The van der Waals surface area contributed by atoms with Crippen molar-refractivity contribution in [1.29, 1.82) is 0 Å². The summed E-state index contributed by atoms with van der Waals surface area (Å²) in [6.07, 6.45) is 4.90. The number of halogens is 1. The molecule has 1 aliphatic carbocycles. The fraction of sp³-hybridized carbons (Fsp3) is 0.464. The van der Waals surface area contributed by atoms with Crippen LogP contribution in [0.3, 0.4) is 0 Å². The molecule has 6 rings (SSSR count). The second-order valence-electron chi connectivity index (χ2n) is 10.6. The van der Waals surface area contributed by atoms with E-state index >= 15 is 0 Å². The maximum Gasteiger partial charge on any atom is 0.229 e. The van der Waals surface area contributed by atoms with E-state index in [0.717, 1.165) is 61.2 Å². The first-order chi connectivity index (χ1) is 17.9. The third kappa shape index (κ3) is 4.56. The number of anilines is 2. The van der Waals surface area contributed by atoms with Crippen LogP contribution >= 0.6 is 11.6 Å². The highest BCUT2D eigenvalue weighted by molar-refractivity contribution is 6.34. The fourth-order valence-corrected chi connectivity index (χ4v) is 6.15. The number of benzene rings is 1. The summed E-state index contributed by atoms with van der Waals surface area (Å²) < 4.78 is 5.53. The first-order valence-electron chi connectivity index (χ1n) is 13.0. The molecule has 0 unspecified atom stereocenters. The molecule has 3 aromatic rings. The van der Waals surface area contributed by atoms with E-state index in [1.807, 2.05) is 30.3 Å². The topological polar surface area (TPSA) is 90.8 Å². The highest BCUT2D eigenvalue weighted by Crippen LogP contribution is 2.42. The Kier molecular flexibility index (Phi) is 6.52. The zero-order valence-electron chi connectivity index (χ0n) is 20.9. The van der Waals surface area contributed by atoms with Gasteiger partial charge < -0.3 is 20.1 Å². The molecule has 8 nitrogen and oxygen atoms in total. The molecule has 2 N–H and O–H groups in total. The van der Waals surface area contributed by atoms with Gasteiger partial charge in [-0.15, -0.1) is 0 Å². The van der Waals surface area contributed by atoms with Gasteiger partial charge in [0.05, 0.1) is 35.6 Å². The van der Waals surface area contributed by atoms with E-state index in [2.05, 4.69) is 38.1 Å². The summed E-state index contributed by atoms with van der Waals surface area (Å²) in [5.41, 5.74) is 1.61. The number of hydrogen-bond donors (Lipinski definition) is 2. The van der Waals surface area contributed by atoms with Gasteiger partial charge in [-0.25, -0.2) is 4.98 Å². The van der Waals surface area contributed by atoms with Crippen LogP contribution in [0.2, 0.25) is 5.02 Å². The molecule has 0 spiro atoms. The minimum atomic E-state index is -0.469. The van der Waals surface area contributed by atoms with Gasteiger partial charge in [0.2, 0.25) is 5.91 Å². The zero-order valence-corrected chi connectivity index (χ0v) is 21.7. The van der Waals surface area contributed by atoms with Crippen molar-refractivity contribution < 1.29 is 14.6 Å². The molecule has 2 saturated heterocycles. The van der Waals surface area contributed by atoms with Gasteiger partial charge >= 0.3 is 0 Å². The van der Waals surface area contributed by atoms with Gasteiger partial charge in [0.25, 0.3) is 0 Å². The Morgan fingerprint density at radius 3 is 2.65 bits per heavy atom. The number of pyridine rings is 2. The van der Waals surface area contributed by atoms with Gasteiger partial charge in [-0.3, -0.25) is 14.7 Å². The molecule has 0 radical (unpaired) electrons. The predicted molar refractivity (Wildman–Crippen MR) is 144 cm³/mol. The van der Waals surface area contributed by atoms with E-state index in [-0.39, 0.29) is 23.3 Å². The van der Waals surface area contributed by atoms with Crippen molar-refractivity contribution in [2.24, 2.45) is 5.92 Å². The summed E-state index contributed by atoms with van der Waals surface area (Å²) in [4.78, 5) is 26.6. The number of rotatable bonds is 5. The molecule has 3 fully saturated rings. The molecule has 1 saturated carbocycles. The molecule has 194 valence electrons. The van der Waals surface area contributed by atoms with Crippen LogP contribution in [-0.2, 0) is 9.53 Å². The molecule has 37 heavy (non-hydrogen) atoms. The van der Waals surface area contributed by atoms with Crippen molar-refractivity contribution in [1.82, 2.24) is 14.9 Å². The monoisotopic (exact) mass is 521 g/mol. The Balaban J connectivity index is 1.16. The number of hydrogen-bond acceptors (Lipinski definition) is 7. The maximum absolute atomic E-state index is 13.0. The predicted octanol–water partition coefficient (Wildman–Crippen LogP) is 3.69. The number of aliphatic hydroxyl groups excluding tert-OH is 1. The lowest BCUT2D eigenvalue weighted by Gasteiger charge is -2.45. The number of nitrogens with one attached hydrogen (secondary N) is 1. The van der Waals surface area contributed by atoms with Crippen LogP contribution in [0.15, 0.2) is 48.8 Å². The Morgan fingerprint density at radius 1 is 1.14 bits per heavy atom.